The normalized spacial score (nSPS) is 28.5. The molecule has 65 heavy (non-hydrogen) atoms. The second-order valence-electron chi connectivity index (χ2n) is 20.1. The highest BCUT2D eigenvalue weighted by Crippen LogP contribution is 2.47. The highest BCUT2D eigenvalue weighted by Gasteiger charge is 2.42. The summed E-state index contributed by atoms with van der Waals surface area (Å²) < 4.78 is 53.7. The SMILES string of the molecule is CC[C@H]1O[C@@H](n2cc(C(=O)c3ccc(C4CC4)cc3)c3c(F)cccc32)[C@H](C)[C@@H](C)[C@@H]1C.CC[C@H]1O[C@@H](n2cc(C(OC)c3ccc(C4CC4)cc3)c3c(F)cccc32)[C@H](C)[C@@H](C)[C@@H]1C. The number of hydrogen-bond acceptors (Lipinski definition) is 4. The third-order valence-corrected chi connectivity index (χ3v) is 16.3. The van der Waals surface area contributed by atoms with Crippen molar-refractivity contribution in [2.45, 2.75) is 137 Å². The number of halogens is 2. The fraction of sp³-hybridized carbons (Fsp3) is 0.491. The summed E-state index contributed by atoms with van der Waals surface area (Å²) in [6, 6.07) is 26.9. The van der Waals surface area contributed by atoms with Gasteiger partial charge in [0.15, 0.2) is 5.78 Å². The van der Waals surface area contributed by atoms with Gasteiger partial charge in [0.05, 0.1) is 28.8 Å². The van der Waals surface area contributed by atoms with Crippen LogP contribution in [0.5, 0.6) is 0 Å². The molecule has 8 heteroatoms. The summed E-state index contributed by atoms with van der Waals surface area (Å²) in [6.07, 6.45) is 10.5. The van der Waals surface area contributed by atoms with Crippen LogP contribution in [0, 0.1) is 47.1 Å². The average molecular weight is 883 g/mol. The van der Waals surface area contributed by atoms with E-state index < -0.39 is 0 Å². The maximum atomic E-state index is 15.3. The lowest BCUT2D eigenvalue weighted by molar-refractivity contribution is -0.166. The topological polar surface area (TPSA) is 54.6 Å². The van der Waals surface area contributed by atoms with Crippen molar-refractivity contribution in [2.75, 3.05) is 7.11 Å². The zero-order chi connectivity index (χ0) is 45.8. The van der Waals surface area contributed by atoms with Gasteiger partial charge in [0.1, 0.15) is 30.2 Å². The van der Waals surface area contributed by atoms with Crippen molar-refractivity contribution in [1.29, 1.82) is 0 Å². The fourth-order valence-electron chi connectivity index (χ4n) is 11.2. The van der Waals surface area contributed by atoms with E-state index in [9.17, 15) is 4.79 Å². The molecule has 0 bridgehead atoms. The van der Waals surface area contributed by atoms with Crippen molar-refractivity contribution in [3.63, 3.8) is 0 Å². The van der Waals surface area contributed by atoms with E-state index in [1.54, 1.807) is 25.3 Å². The first-order valence-electron chi connectivity index (χ1n) is 24.5. The first-order chi connectivity index (χ1) is 31.3. The van der Waals surface area contributed by atoms with Gasteiger partial charge in [-0.1, -0.05) is 116 Å². The second kappa shape index (κ2) is 18.6. The van der Waals surface area contributed by atoms with Crippen LogP contribution in [0.4, 0.5) is 8.78 Å². The Morgan fingerprint density at radius 2 is 1.08 bits per heavy atom. The molecule has 2 saturated heterocycles. The highest BCUT2D eigenvalue weighted by atomic mass is 19.1. The van der Waals surface area contributed by atoms with Gasteiger partial charge in [0.25, 0.3) is 0 Å². The summed E-state index contributed by atoms with van der Waals surface area (Å²) in [5.41, 5.74) is 7.19. The summed E-state index contributed by atoms with van der Waals surface area (Å²) in [7, 11) is 1.71. The molecule has 6 aromatic rings. The molecule has 2 aromatic heterocycles. The number of carbonyl (C=O) groups excluding carboxylic acids is 1. The molecule has 11 atom stereocenters. The Morgan fingerprint density at radius 3 is 1.55 bits per heavy atom. The fourth-order valence-corrected chi connectivity index (χ4v) is 11.2. The maximum absolute atomic E-state index is 15.3. The maximum Gasteiger partial charge on any atom is 0.195 e. The van der Waals surface area contributed by atoms with E-state index in [0.29, 0.717) is 63.3 Å². The standard InChI is InChI=1S/C29H36FNO2.C28H32FNO2/c1-6-26-18(3)17(2)19(4)29(33-26)31-16-23(27-24(30)8-7-9-25(27)31)28(32-5)22-14-12-21(13-15-22)20-10-11-20;1-5-25-17(3)16(2)18(4)28(32-25)30-15-22(26-23(29)7-6-8-24(26)30)27(31)21-13-11-20(12-14-21)19-9-10-19/h7-9,12-20,26,28-29H,6,10-11H2,1-5H3;6-8,11-19,25,28H,5,9-10H2,1-4H3/t17-,18-,19+,26+,28?,29+;16-,17-,18+,25+,28+/m00/s1. The Morgan fingerprint density at radius 1 is 0.615 bits per heavy atom. The number of carbonyl (C=O) groups is 1. The molecule has 0 amide bonds. The van der Waals surface area contributed by atoms with Gasteiger partial charge in [-0.15, -0.1) is 0 Å². The van der Waals surface area contributed by atoms with Crippen molar-refractivity contribution in [3.8, 4) is 0 Å². The lowest BCUT2D eigenvalue weighted by atomic mass is 9.77. The Balaban J connectivity index is 0.000000164. The smallest absolute Gasteiger partial charge is 0.195 e. The zero-order valence-electron chi connectivity index (χ0n) is 39.8. The number of aromatic nitrogens is 2. The van der Waals surface area contributed by atoms with Gasteiger partial charge in [-0.3, -0.25) is 4.79 Å². The van der Waals surface area contributed by atoms with Gasteiger partial charge in [0, 0.05) is 53.2 Å². The highest BCUT2D eigenvalue weighted by molar-refractivity contribution is 6.16. The van der Waals surface area contributed by atoms with Gasteiger partial charge in [-0.25, -0.2) is 8.78 Å². The van der Waals surface area contributed by atoms with Crippen LogP contribution in [0.1, 0.15) is 162 Å². The molecular formula is C57H68F2N2O4. The Bertz CT molecular complexity index is 2620. The predicted molar refractivity (Wildman–Crippen MR) is 256 cm³/mol. The van der Waals surface area contributed by atoms with Crippen LogP contribution < -0.4 is 0 Å². The van der Waals surface area contributed by atoms with E-state index in [-0.39, 0.29) is 54.1 Å². The molecule has 1 unspecified atom stereocenters. The summed E-state index contributed by atoms with van der Waals surface area (Å²) in [6.45, 7) is 17.9. The first kappa shape index (κ1) is 45.5. The van der Waals surface area contributed by atoms with E-state index in [2.05, 4.69) is 90.4 Å². The predicted octanol–water partition coefficient (Wildman–Crippen LogP) is 14.7. The number of ether oxygens (including phenoxy) is 3. The Hall–Kier alpha value is -4.63. The number of hydrogen-bond donors (Lipinski definition) is 0. The number of fused-ring (bicyclic) bond motifs is 2. The summed E-state index contributed by atoms with van der Waals surface area (Å²) >= 11 is 0. The van der Waals surface area contributed by atoms with E-state index in [0.717, 1.165) is 35.0 Å². The second-order valence-corrected chi connectivity index (χ2v) is 20.1. The quantitative estimate of drug-likeness (QED) is 0.122. The molecule has 2 aliphatic carbocycles. The third kappa shape index (κ3) is 8.53. The summed E-state index contributed by atoms with van der Waals surface area (Å²) in [5.74, 6) is 3.10. The number of benzene rings is 4. The van der Waals surface area contributed by atoms with Crippen molar-refractivity contribution < 1.29 is 27.8 Å². The summed E-state index contributed by atoms with van der Waals surface area (Å²) in [5, 5.41) is 1.02. The van der Waals surface area contributed by atoms with Gasteiger partial charge in [-0.05, 0) is 115 Å². The average Bonchev–Trinajstić information content (AvgIpc) is 4.27. The molecule has 344 valence electrons. The van der Waals surface area contributed by atoms with Crippen molar-refractivity contribution in [1.82, 2.24) is 9.13 Å². The van der Waals surface area contributed by atoms with E-state index in [1.807, 2.05) is 47.2 Å². The van der Waals surface area contributed by atoms with E-state index in [1.165, 1.54) is 42.9 Å². The lowest BCUT2D eigenvalue weighted by Gasteiger charge is -2.44. The number of rotatable bonds is 11. The van der Waals surface area contributed by atoms with E-state index in [4.69, 9.17) is 14.2 Å². The van der Waals surface area contributed by atoms with Gasteiger partial charge in [0.2, 0.25) is 0 Å². The molecule has 10 rings (SSSR count). The minimum atomic E-state index is -0.365. The lowest BCUT2D eigenvalue weighted by Crippen LogP contribution is -2.42. The molecule has 4 aliphatic rings. The molecule has 4 fully saturated rings. The molecule has 0 N–H and O–H groups in total. The minimum Gasteiger partial charge on any atom is -0.372 e. The molecular weight excluding hydrogens is 815 g/mol. The third-order valence-electron chi connectivity index (χ3n) is 16.3. The van der Waals surface area contributed by atoms with Crippen molar-refractivity contribution in [3.05, 3.63) is 142 Å². The molecule has 4 aromatic carbocycles. The van der Waals surface area contributed by atoms with E-state index >= 15 is 8.78 Å². The number of methoxy groups -OCH3 is 1. The number of nitrogens with zero attached hydrogens (tertiary/aromatic N) is 2. The van der Waals surface area contributed by atoms with Crippen LogP contribution in [0.3, 0.4) is 0 Å². The molecule has 0 radical (unpaired) electrons. The molecule has 0 spiro atoms. The van der Waals surface area contributed by atoms with Gasteiger partial charge < -0.3 is 23.3 Å². The van der Waals surface area contributed by atoms with Crippen LogP contribution in [-0.4, -0.2) is 34.2 Å². The van der Waals surface area contributed by atoms with Crippen LogP contribution in [0.15, 0.2) is 97.3 Å². The first-order valence-corrected chi connectivity index (χ1v) is 24.5. The molecule has 6 nitrogen and oxygen atoms in total. The molecule has 2 saturated carbocycles. The Kier molecular flexibility index (Phi) is 13.0. The van der Waals surface area contributed by atoms with Crippen molar-refractivity contribution >= 4 is 27.6 Å². The van der Waals surface area contributed by atoms with Crippen LogP contribution in [-0.2, 0) is 14.2 Å². The minimum absolute atomic E-state index is 0.131. The molecule has 2 aliphatic heterocycles. The van der Waals surface area contributed by atoms with Gasteiger partial charge >= 0.3 is 0 Å². The summed E-state index contributed by atoms with van der Waals surface area (Å²) in [4.78, 5) is 13.5. The Labute approximate surface area is 384 Å². The van der Waals surface area contributed by atoms with Crippen LogP contribution in [0.25, 0.3) is 21.8 Å². The largest absolute Gasteiger partial charge is 0.372 e. The van der Waals surface area contributed by atoms with Crippen LogP contribution >= 0.6 is 0 Å². The van der Waals surface area contributed by atoms with Crippen molar-refractivity contribution in [2.24, 2.45) is 35.5 Å². The molecule has 4 heterocycles. The monoisotopic (exact) mass is 883 g/mol. The van der Waals surface area contributed by atoms with Crippen LogP contribution in [0.2, 0.25) is 0 Å². The number of ketones is 1. The van der Waals surface area contributed by atoms with Gasteiger partial charge in [-0.2, -0.15) is 0 Å². The zero-order valence-corrected chi connectivity index (χ0v) is 39.8.